The second-order valence-corrected chi connectivity index (χ2v) is 24.9. The number of ether oxygens (including phenoxy) is 4. The summed E-state index contributed by atoms with van der Waals surface area (Å²) in [6, 6.07) is 16.9. The van der Waals surface area contributed by atoms with Crippen LogP contribution in [0.15, 0.2) is 137 Å². The second-order valence-electron chi connectivity index (χ2n) is 22.4. The number of nitrogens with zero attached hydrogens (tertiary/aromatic N) is 7. The molecule has 2 aliphatic heterocycles. The molecule has 7 N–H and O–H groups in total. The number of hydrogen-bond donors (Lipinski definition) is 7. The molecule has 0 saturated carbocycles. The number of amides is 3. The maximum Gasteiger partial charge on any atom is 0.442 e. The number of rotatable bonds is 36. The number of aromatic nitrogens is 3. The molecule has 4 aromatic rings. The maximum absolute atomic E-state index is 14.1. The highest BCUT2D eigenvalue weighted by Crippen LogP contribution is 2.53. The average Bonchev–Trinajstić information content (AvgIpc) is 1.41. The number of unbranched alkanes of at least 4 members (excludes halogenated alkanes) is 2. The monoisotopic (exact) mass is 1300 g/mol. The van der Waals surface area contributed by atoms with Crippen LogP contribution in [0.25, 0.3) is 5.57 Å². The molecular formula is C65H82F3N11O12P+. The van der Waals surface area contributed by atoms with Gasteiger partial charge in [-0.05, 0) is 113 Å². The number of nitrogens with one attached hydrogen (secondary N) is 4. The number of alkyl halides is 3. The topological polar surface area (TPSA) is 293 Å². The normalized spacial score (nSPS) is 17.5. The van der Waals surface area contributed by atoms with Gasteiger partial charge < -0.3 is 60.2 Å². The minimum Gasteiger partial charge on any atom is -0.490 e. The predicted octanol–water partition coefficient (Wildman–Crippen LogP) is 7.71. The third-order valence-electron chi connectivity index (χ3n) is 16.1. The number of carboxylic acids is 1. The molecule has 4 aliphatic rings. The van der Waals surface area contributed by atoms with E-state index in [2.05, 4.69) is 115 Å². The van der Waals surface area contributed by atoms with Gasteiger partial charge in [0.2, 0.25) is 19.0 Å². The number of carbonyl (C=O) groups is 4. The summed E-state index contributed by atoms with van der Waals surface area (Å²) in [6.45, 7) is 14.1. The van der Waals surface area contributed by atoms with Crippen molar-refractivity contribution in [3.8, 4) is 5.75 Å². The number of aliphatic hydroxyl groups is 1. The Bertz CT molecular complexity index is 3550. The number of likely N-dealkylation sites (N-methyl/N-ethyl adjacent to an activating group) is 1. The summed E-state index contributed by atoms with van der Waals surface area (Å²) < 4.78 is 82.2. The Morgan fingerprint density at radius 3 is 2.33 bits per heavy atom. The zero-order valence-corrected chi connectivity index (χ0v) is 53.3. The lowest BCUT2D eigenvalue weighted by Crippen LogP contribution is -2.34. The third-order valence-corrected chi connectivity index (χ3v) is 18.1. The number of carboxylic acid groups (broad SMARTS) is 1. The fourth-order valence-corrected chi connectivity index (χ4v) is 12.7. The molecule has 1 aromatic heterocycles. The third kappa shape index (κ3) is 18.3. The second kappa shape index (κ2) is 32.4. The van der Waals surface area contributed by atoms with Crippen molar-refractivity contribution in [2.75, 3.05) is 91.2 Å². The smallest absolute Gasteiger partial charge is 0.442 e. The van der Waals surface area contributed by atoms with Crippen molar-refractivity contribution in [2.24, 2.45) is 16.1 Å². The van der Waals surface area contributed by atoms with Crippen molar-refractivity contribution in [3.05, 3.63) is 165 Å². The van der Waals surface area contributed by atoms with E-state index in [1.807, 2.05) is 24.3 Å². The Kier molecular flexibility index (Phi) is 24.6. The van der Waals surface area contributed by atoms with Crippen LogP contribution in [0, 0.1) is 5.92 Å². The lowest BCUT2D eigenvalue weighted by atomic mass is 9.77. The highest BCUT2D eigenvalue weighted by atomic mass is 31.2. The Morgan fingerprint density at radius 1 is 0.859 bits per heavy atom. The fraction of sp³-hybridized carbons (Fsp3) is 0.462. The number of hydrogen-bond acceptors (Lipinski definition) is 16. The van der Waals surface area contributed by atoms with Gasteiger partial charge in [-0.15, -0.1) is 15.3 Å². The van der Waals surface area contributed by atoms with Crippen LogP contribution in [-0.4, -0.2) is 179 Å². The lowest BCUT2D eigenvalue weighted by Gasteiger charge is -2.38. The zero-order valence-electron chi connectivity index (χ0n) is 52.4. The van der Waals surface area contributed by atoms with Crippen molar-refractivity contribution in [3.63, 3.8) is 0 Å². The first-order valence-electron chi connectivity index (χ1n) is 31.1. The molecule has 3 aromatic carbocycles. The van der Waals surface area contributed by atoms with E-state index in [0.717, 1.165) is 72.2 Å². The molecule has 2 aliphatic carbocycles. The molecule has 0 saturated heterocycles. The van der Waals surface area contributed by atoms with E-state index in [-0.39, 0.29) is 130 Å². The Balaban J connectivity index is 0.732. The molecule has 0 bridgehead atoms. The standard InChI is InChI=1S/C65H81F3N11O12P/c1-6-77(7-2)48-21-24-53-57(36-48)91-58-37-49(78(8-3)9-4)22-25-54(58)60(53)51-18-11-12-19-52(51)61(82)72-38-47-40-79(76-73-47)41-59(81)69-27-28-88-29-30-89-31-32-90-56-35-46(64(74-75-64)65(66,67)68)20-23-55(56)62(83)70-26-13-10-14-33-92(86,87)42-50(80)39-71-43(5)44-16-15-17-45(34-44)63(84)85/h11-12,15-25,34-37,40,43,50,53,57,71,80H,6-10,13-14,26-33,38-39,41-42H2,1-5H3,(H4-,69,70,72,81,82,83,84,85,86,87)/p+1/t43-,50+,53?,57?/m1/s1. The molecule has 494 valence electrons. The summed E-state index contributed by atoms with van der Waals surface area (Å²) >= 11 is 0. The lowest BCUT2D eigenvalue weighted by molar-refractivity contribution is -0.519. The van der Waals surface area contributed by atoms with Crippen molar-refractivity contribution >= 4 is 42.3 Å². The minimum absolute atomic E-state index is 0.000974. The molecule has 0 radical (unpaired) electrons. The summed E-state index contributed by atoms with van der Waals surface area (Å²) in [6.07, 6.45) is 8.87. The number of aliphatic hydroxyl groups excluding tert-OH is 1. The minimum atomic E-state index is -4.83. The van der Waals surface area contributed by atoms with E-state index >= 15 is 0 Å². The van der Waals surface area contributed by atoms with E-state index in [4.69, 9.17) is 18.9 Å². The number of benzene rings is 3. The molecular weight excluding hydrogens is 1210 g/mol. The van der Waals surface area contributed by atoms with Crippen LogP contribution >= 0.6 is 7.37 Å². The number of halogens is 3. The average molecular weight is 1300 g/mol. The molecule has 23 nitrogen and oxygen atoms in total. The Labute approximate surface area is 532 Å². The van der Waals surface area contributed by atoms with Gasteiger partial charge in [-0.3, -0.25) is 18.9 Å². The number of aromatic carboxylic acids is 1. The van der Waals surface area contributed by atoms with Crippen LogP contribution in [0.1, 0.15) is 113 Å². The molecule has 5 atom stereocenters. The quantitative estimate of drug-likeness (QED) is 0.0130. The molecule has 8 rings (SSSR count). The highest BCUT2D eigenvalue weighted by molar-refractivity contribution is 7.58. The Hall–Kier alpha value is -8.13. The SMILES string of the molecule is CCN(CC)C1=CC2OC3=CC(=[N+](CC)CC)C=CC3=C(c3ccccc3C(=O)NCc3cn(CC(=O)NCCOCCOCCOc4cc(C5(C(F)(F)F)N=N5)ccc4C(=O)NCCCCCP(=O)(O)C[C@@H](O)CN[C@H](C)c4cccc(C(=O)O)c4)nn3)C2C=C1. The van der Waals surface area contributed by atoms with Gasteiger partial charge in [0.15, 0.2) is 0 Å². The first kappa shape index (κ1) is 69.8. The van der Waals surface area contributed by atoms with Crippen LogP contribution in [-0.2, 0) is 42.3 Å². The van der Waals surface area contributed by atoms with Gasteiger partial charge in [0.05, 0.1) is 68.6 Å². The van der Waals surface area contributed by atoms with Crippen LogP contribution in [0.2, 0.25) is 0 Å². The highest BCUT2D eigenvalue weighted by Gasteiger charge is 2.65. The van der Waals surface area contributed by atoms with Crippen molar-refractivity contribution in [1.82, 2.24) is 41.2 Å². The molecule has 27 heteroatoms. The van der Waals surface area contributed by atoms with Gasteiger partial charge in [0.1, 0.15) is 49.5 Å². The maximum atomic E-state index is 14.1. The van der Waals surface area contributed by atoms with Gasteiger partial charge >= 0.3 is 17.8 Å². The fourth-order valence-electron chi connectivity index (χ4n) is 11.1. The van der Waals surface area contributed by atoms with Gasteiger partial charge in [-0.1, -0.05) is 54.1 Å². The summed E-state index contributed by atoms with van der Waals surface area (Å²) in [4.78, 5) is 64.4. The van der Waals surface area contributed by atoms with Crippen molar-refractivity contribution < 1.29 is 75.5 Å². The molecule has 3 amide bonds. The van der Waals surface area contributed by atoms with E-state index in [1.165, 1.54) is 22.9 Å². The van der Waals surface area contributed by atoms with Gasteiger partial charge in [-0.2, -0.15) is 13.2 Å². The van der Waals surface area contributed by atoms with Crippen LogP contribution < -0.4 is 26.0 Å². The largest absolute Gasteiger partial charge is 0.490 e. The first-order chi connectivity index (χ1) is 44.2. The molecule has 0 spiro atoms. The van der Waals surface area contributed by atoms with Gasteiger partial charge in [0, 0.05) is 79.3 Å². The number of carbonyl (C=O) groups excluding carboxylic acids is 3. The Morgan fingerprint density at radius 2 is 1.60 bits per heavy atom. The predicted molar refractivity (Wildman–Crippen MR) is 337 cm³/mol. The summed E-state index contributed by atoms with van der Waals surface area (Å²) in [5.41, 5.74) is 3.46. The molecule has 3 unspecified atom stereocenters. The van der Waals surface area contributed by atoms with E-state index in [1.54, 1.807) is 25.3 Å². The zero-order chi connectivity index (χ0) is 66.0. The summed E-state index contributed by atoms with van der Waals surface area (Å²) in [5, 5.41) is 46.1. The van der Waals surface area contributed by atoms with E-state index < -0.39 is 37.2 Å². The van der Waals surface area contributed by atoms with Gasteiger partial charge in [0.25, 0.3) is 11.8 Å². The first-order valence-corrected chi connectivity index (χ1v) is 33.1. The van der Waals surface area contributed by atoms with E-state index in [9.17, 15) is 52.0 Å². The van der Waals surface area contributed by atoms with Crippen LogP contribution in [0.4, 0.5) is 13.2 Å². The molecule has 92 heavy (non-hydrogen) atoms. The van der Waals surface area contributed by atoms with Crippen molar-refractivity contribution in [2.45, 2.75) is 97.1 Å². The molecule has 3 heterocycles. The van der Waals surface area contributed by atoms with Crippen molar-refractivity contribution in [1.29, 1.82) is 0 Å². The van der Waals surface area contributed by atoms with Crippen LogP contribution in [0.3, 0.4) is 0 Å². The summed E-state index contributed by atoms with van der Waals surface area (Å²) in [5.74, 6) is -1.91. The number of allylic oxidation sites excluding steroid dienone is 4. The molecule has 0 fully saturated rings. The van der Waals surface area contributed by atoms with Crippen LogP contribution in [0.5, 0.6) is 5.75 Å². The van der Waals surface area contributed by atoms with Gasteiger partial charge in [-0.25, -0.2) is 14.1 Å². The number of fused-ring (bicyclic) bond motifs is 2. The summed E-state index contributed by atoms with van der Waals surface area (Å²) in [7, 11) is -3.73. The van der Waals surface area contributed by atoms with E-state index in [0.29, 0.717) is 36.1 Å².